The van der Waals surface area contributed by atoms with E-state index in [4.69, 9.17) is 0 Å². The Morgan fingerprint density at radius 1 is 1.07 bits per heavy atom. The van der Waals surface area contributed by atoms with Crippen molar-refractivity contribution in [3.05, 3.63) is 76.6 Å². The molecular weight excluding hydrogens is 390 g/mol. The SMILES string of the molecule is O=C(CCCNC(=O)c1cccs1)Nc1cccc(CSc2ccccn2)c1. The highest BCUT2D eigenvalue weighted by Crippen LogP contribution is 2.22. The molecule has 1 aromatic carbocycles. The number of carbonyl (C=O) groups excluding carboxylic acids is 2. The molecular formula is C21H21N3O2S2. The molecule has 0 unspecified atom stereocenters. The van der Waals surface area contributed by atoms with Crippen LogP contribution in [0.4, 0.5) is 5.69 Å². The fourth-order valence-electron chi connectivity index (χ4n) is 2.50. The summed E-state index contributed by atoms with van der Waals surface area (Å²) in [5.74, 6) is 0.642. The van der Waals surface area contributed by atoms with Crippen molar-refractivity contribution in [1.82, 2.24) is 10.3 Å². The van der Waals surface area contributed by atoms with Crippen molar-refractivity contribution in [2.24, 2.45) is 0 Å². The van der Waals surface area contributed by atoms with E-state index in [2.05, 4.69) is 15.6 Å². The maximum absolute atomic E-state index is 12.1. The third kappa shape index (κ3) is 6.51. The lowest BCUT2D eigenvalue weighted by Gasteiger charge is -2.08. The summed E-state index contributed by atoms with van der Waals surface area (Å²) in [7, 11) is 0. The van der Waals surface area contributed by atoms with Crippen LogP contribution in [0.1, 0.15) is 28.1 Å². The Balaban J connectivity index is 1.39. The summed E-state index contributed by atoms with van der Waals surface area (Å²) in [5, 5.41) is 8.59. The molecule has 0 fully saturated rings. The maximum Gasteiger partial charge on any atom is 0.261 e. The summed E-state index contributed by atoms with van der Waals surface area (Å²) in [5.41, 5.74) is 1.91. The van der Waals surface area contributed by atoms with Gasteiger partial charge in [0.25, 0.3) is 5.91 Å². The van der Waals surface area contributed by atoms with Crippen molar-refractivity contribution < 1.29 is 9.59 Å². The number of nitrogens with zero attached hydrogens (tertiary/aromatic N) is 1. The minimum atomic E-state index is -0.0893. The molecule has 2 aromatic heterocycles. The number of aromatic nitrogens is 1. The van der Waals surface area contributed by atoms with Gasteiger partial charge in [0, 0.05) is 30.6 Å². The summed E-state index contributed by atoms with van der Waals surface area (Å²) >= 11 is 3.06. The molecule has 0 aliphatic heterocycles. The maximum atomic E-state index is 12.1. The second kappa shape index (κ2) is 10.6. The van der Waals surface area contributed by atoms with E-state index in [1.54, 1.807) is 24.0 Å². The molecule has 3 rings (SSSR count). The Bertz CT molecular complexity index is 899. The highest BCUT2D eigenvalue weighted by molar-refractivity contribution is 7.98. The molecule has 7 heteroatoms. The molecule has 2 N–H and O–H groups in total. The first kappa shape index (κ1) is 20.1. The Morgan fingerprint density at radius 2 is 2.00 bits per heavy atom. The van der Waals surface area contributed by atoms with Crippen LogP contribution in [-0.2, 0) is 10.5 Å². The fraction of sp³-hybridized carbons (Fsp3) is 0.190. The zero-order valence-corrected chi connectivity index (χ0v) is 16.9. The molecule has 5 nitrogen and oxygen atoms in total. The average molecular weight is 412 g/mol. The summed E-state index contributed by atoms with van der Waals surface area (Å²) < 4.78 is 0. The summed E-state index contributed by atoms with van der Waals surface area (Å²) in [6, 6.07) is 17.3. The molecule has 0 atom stereocenters. The van der Waals surface area contributed by atoms with Gasteiger partial charge >= 0.3 is 0 Å². The molecule has 2 amide bonds. The topological polar surface area (TPSA) is 71.1 Å². The zero-order chi connectivity index (χ0) is 19.6. The van der Waals surface area contributed by atoms with Gasteiger partial charge in [-0.1, -0.05) is 24.3 Å². The zero-order valence-electron chi connectivity index (χ0n) is 15.3. The van der Waals surface area contributed by atoms with Gasteiger partial charge in [0.1, 0.15) is 0 Å². The van der Waals surface area contributed by atoms with E-state index >= 15 is 0 Å². The highest BCUT2D eigenvalue weighted by Gasteiger charge is 2.07. The van der Waals surface area contributed by atoms with Gasteiger partial charge in [-0.2, -0.15) is 0 Å². The third-order valence-corrected chi connectivity index (χ3v) is 5.73. The number of thioether (sulfide) groups is 1. The molecule has 3 aromatic rings. The summed E-state index contributed by atoms with van der Waals surface area (Å²) in [6.07, 6.45) is 2.73. The van der Waals surface area contributed by atoms with Crippen LogP contribution in [0.15, 0.2) is 71.2 Å². The highest BCUT2D eigenvalue weighted by atomic mass is 32.2. The number of pyridine rings is 1. The Labute approximate surface area is 172 Å². The number of amides is 2. The van der Waals surface area contributed by atoms with Crippen LogP contribution in [0.25, 0.3) is 0 Å². The molecule has 0 radical (unpaired) electrons. The molecule has 0 saturated heterocycles. The van der Waals surface area contributed by atoms with Gasteiger partial charge < -0.3 is 10.6 Å². The fourth-order valence-corrected chi connectivity index (χ4v) is 3.94. The largest absolute Gasteiger partial charge is 0.351 e. The number of nitrogens with one attached hydrogen (secondary N) is 2. The molecule has 2 heterocycles. The van der Waals surface area contributed by atoms with Gasteiger partial charge in [-0.15, -0.1) is 23.1 Å². The number of hydrogen-bond donors (Lipinski definition) is 2. The van der Waals surface area contributed by atoms with E-state index in [0.717, 1.165) is 22.0 Å². The average Bonchev–Trinajstić information content (AvgIpc) is 3.26. The van der Waals surface area contributed by atoms with Crippen molar-refractivity contribution in [3.8, 4) is 0 Å². The van der Waals surface area contributed by atoms with Crippen LogP contribution in [0.2, 0.25) is 0 Å². The van der Waals surface area contributed by atoms with Crippen molar-refractivity contribution >= 4 is 40.6 Å². The van der Waals surface area contributed by atoms with Crippen molar-refractivity contribution in [3.63, 3.8) is 0 Å². The van der Waals surface area contributed by atoms with Gasteiger partial charge in [-0.25, -0.2) is 4.98 Å². The lowest BCUT2D eigenvalue weighted by atomic mass is 10.2. The first-order chi connectivity index (χ1) is 13.7. The number of benzene rings is 1. The van der Waals surface area contributed by atoms with Gasteiger partial charge in [-0.3, -0.25) is 9.59 Å². The number of thiophene rings is 1. The number of rotatable bonds is 9. The van der Waals surface area contributed by atoms with Crippen LogP contribution in [0, 0.1) is 0 Å². The van der Waals surface area contributed by atoms with Gasteiger partial charge in [0.05, 0.1) is 9.90 Å². The summed E-state index contributed by atoms with van der Waals surface area (Å²) in [6.45, 7) is 0.477. The van der Waals surface area contributed by atoms with E-state index in [9.17, 15) is 9.59 Å². The van der Waals surface area contributed by atoms with E-state index in [0.29, 0.717) is 24.3 Å². The van der Waals surface area contributed by atoms with E-state index < -0.39 is 0 Å². The normalized spacial score (nSPS) is 10.4. The van der Waals surface area contributed by atoms with Crippen LogP contribution in [0.3, 0.4) is 0 Å². The van der Waals surface area contributed by atoms with Crippen LogP contribution in [0.5, 0.6) is 0 Å². The van der Waals surface area contributed by atoms with E-state index in [1.807, 2.05) is 53.9 Å². The molecule has 144 valence electrons. The van der Waals surface area contributed by atoms with Gasteiger partial charge in [0.2, 0.25) is 5.91 Å². The molecule has 0 aliphatic carbocycles. The van der Waals surface area contributed by atoms with Crippen LogP contribution < -0.4 is 10.6 Å². The van der Waals surface area contributed by atoms with Crippen LogP contribution in [-0.4, -0.2) is 23.3 Å². The lowest BCUT2D eigenvalue weighted by molar-refractivity contribution is -0.116. The molecule has 0 spiro atoms. The van der Waals surface area contributed by atoms with E-state index in [1.165, 1.54) is 11.3 Å². The molecule has 0 bridgehead atoms. The van der Waals surface area contributed by atoms with Crippen molar-refractivity contribution in [2.45, 2.75) is 23.6 Å². The number of anilines is 1. The summed E-state index contributed by atoms with van der Waals surface area (Å²) in [4.78, 5) is 29.0. The van der Waals surface area contributed by atoms with Gasteiger partial charge in [-0.05, 0) is 47.7 Å². The minimum absolute atomic E-state index is 0.0556. The third-order valence-electron chi connectivity index (χ3n) is 3.85. The Hall–Kier alpha value is -2.64. The van der Waals surface area contributed by atoms with Gasteiger partial charge in [0.15, 0.2) is 0 Å². The van der Waals surface area contributed by atoms with Crippen molar-refractivity contribution in [1.29, 1.82) is 0 Å². The standard InChI is InChI=1S/C21H21N3O2S2/c25-19(9-4-12-23-21(26)18-8-5-13-27-18)24-17-7-3-6-16(14-17)15-28-20-10-1-2-11-22-20/h1-3,5-8,10-11,13-14H,4,9,12,15H2,(H,23,26)(H,24,25). The molecule has 0 aliphatic rings. The Morgan fingerprint density at radius 3 is 2.79 bits per heavy atom. The quantitative estimate of drug-likeness (QED) is 0.399. The predicted octanol–water partition coefficient (Wildman–Crippen LogP) is 4.58. The first-order valence-electron chi connectivity index (χ1n) is 8.95. The second-order valence-corrected chi connectivity index (χ2v) is 7.99. The molecule has 0 saturated carbocycles. The van der Waals surface area contributed by atoms with Crippen LogP contribution >= 0.6 is 23.1 Å². The van der Waals surface area contributed by atoms with E-state index in [-0.39, 0.29) is 11.8 Å². The Kier molecular flexibility index (Phi) is 7.63. The lowest BCUT2D eigenvalue weighted by Crippen LogP contribution is -2.24. The minimum Gasteiger partial charge on any atom is -0.351 e. The smallest absolute Gasteiger partial charge is 0.261 e. The number of hydrogen-bond acceptors (Lipinski definition) is 5. The van der Waals surface area contributed by atoms with Crippen molar-refractivity contribution in [2.75, 3.05) is 11.9 Å². The number of carbonyl (C=O) groups is 2. The molecule has 28 heavy (non-hydrogen) atoms. The monoisotopic (exact) mass is 411 g/mol. The predicted molar refractivity (Wildman–Crippen MR) is 115 cm³/mol. The first-order valence-corrected chi connectivity index (χ1v) is 10.8. The second-order valence-electron chi connectivity index (χ2n) is 6.04.